The maximum atomic E-state index is 10.6. The number of likely N-dealkylation sites (tertiary alicyclic amines) is 1. The van der Waals surface area contributed by atoms with Gasteiger partial charge in [0.25, 0.3) is 0 Å². The summed E-state index contributed by atoms with van der Waals surface area (Å²) in [7, 11) is 3.85. The molecule has 1 N–H and O–H groups in total. The Morgan fingerprint density at radius 1 is 1.21 bits per heavy atom. The van der Waals surface area contributed by atoms with Crippen molar-refractivity contribution in [3.8, 4) is 0 Å². The highest BCUT2D eigenvalue weighted by atomic mass is 19.4. The Balaban J connectivity index is 0.000000383. The van der Waals surface area contributed by atoms with Gasteiger partial charge >= 0.3 is 12.1 Å². The van der Waals surface area contributed by atoms with Crippen LogP contribution in [0.25, 0.3) is 0 Å². The van der Waals surface area contributed by atoms with Crippen molar-refractivity contribution >= 4 is 11.9 Å². The minimum atomic E-state index is -5.08. The van der Waals surface area contributed by atoms with E-state index in [1.807, 2.05) is 30.9 Å². The van der Waals surface area contributed by atoms with E-state index in [0.717, 1.165) is 51.0 Å². The summed E-state index contributed by atoms with van der Waals surface area (Å²) in [6.07, 6.45) is 6.05. The molecular formula is C21H29F3N6O3. The molecule has 2 aliphatic rings. The van der Waals surface area contributed by atoms with Gasteiger partial charge in [0.15, 0.2) is 0 Å². The number of anilines is 1. The van der Waals surface area contributed by atoms with Gasteiger partial charge in [0.2, 0.25) is 5.95 Å². The van der Waals surface area contributed by atoms with Crippen LogP contribution >= 0.6 is 0 Å². The second-order valence-electron chi connectivity index (χ2n) is 8.52. The summed E-state index contributed by atoms with van der Waals surface area (Å²) in [5, 5.41) is 7.12. The predicted molar refractivity (Wildman–Crippen MR) is 114 cm³/mol. The summed E-state index contributed by atoms with van der Waals surface area (Å²) in [6.45, 7) is 4.94. The van der Waals surface area contributed by atoms with Gasteiger partial charge in [-0.2, -0.15) is 13.2 Å². The molecule has 2 fully saturated rings. The van der Waals surface area contributed by atoms with Crippen LogP contribution in [0.1, 0.15) is 25.1 Å². The van der Waals surface area contributed by atoms with Crippen LogP contribution < -0.4 is 4.90 Å². The minimum Gasteiger partial charge on any atom is -0.475 e. The summed E-state index contributed by atoms with van der Waals surface area (Å²) in [6, 6.07) is 2.24. The Hall–Kier alpha value is -2.73. The van der Waals surface area contributed by atoms with Crippen LogP contribution in [-0.2, 0) is 23.1 Å². The Morgan fingerprint density at radius 3 is 2.36 bits per heavy atom. The number of hydrogen-bond donors (Lipinski definition) is 1. The van der Waals surface area contributed by atoms with Crippen molar-refractivity contribution < 1.29 is 27.8 Å². The number of rotatable bonds is 5. The number of ether oxygens (including phenoxy) is 1. The highest BCUT2D eigenvalue weighted by Gasteiger charge is 2.46. The molecule has 1 atom stereocenters. The maximum Gasteiger partial charge on any atom is 0.490 e. The zero-order valence-electron chi connectivity index (χ0n) is 18.7. The number of hydrogen-bond acceptors (Lipinski definition) is 7. The zero-order chi connectivity index (χ0) is 24.1. The van der Waals surface area contributed by atoms with Crippen LogP contribution in [0.3, 0.4) is 0 Å². The fourth-order valence-corrected chi connectivity index (χ4v) is 4.48. The van der Waals surface area contributed by atoms with Crippen LogP contribution in [0, 0.1) is 5.41 Å². The molecule has 12 heteroatoms. The quantitative estimate of drug-likeness (QED) is 0.712. The fraction of sp³-hybridized carbons (Fsp3) is 0.619. The minimum absolute atomic E-state index is 0.348. The molecule has 4 rings (SSSR count). The molecule has 4 heterocycles. The first-order chi connectivity index (χ1) is 15.6. The van der Waals surface area contributed by atoms with Gasteiger partial charge < -0.3 is 19.3 Å². The van der Waals surface area contributed by atoms with Crippen LogP contribution in [0.4, 0.5) is 19.1 Å². The van der Waals surface area contributed by atoms with E-state index in [1.165, 1.54) is 12.8 Å². The van der Waals surface area contributed by atoms with E-state index < -0.39 is 12.1 Å². The molecule has 2 aromatic heterocycles. The van der Waals surface area contributed by atoms with Crippen LogP contribution in [0.5, 0.6) is 0 Å². The number of nitrogens with zero attached hydrogens (tertiary/aromatic N) is 6. The van der Waals surface area contributed by atoms with Gasteiger partial charge in [-0.05, 0) is 43.8 Å². The van der Waals surface area contributed by atoms with E-state index in [-0.39, 0.29) is 0 Å². The number of aromatic nitrogens is 4. The first kappa shape index (κ1) is 24.9. The van der Waals surface area contributed by atoms with Crippen LogP contribution in [-0.4, -0.2) is 81.1 Å². The lowest BCUT2D eigenvalue weighted by molar-refractivity contribution is -0.192. The molecule has 2 saturated heterocycles. The van der Waals surface area contributed by atoms with E-state index in [4.69, 9.17) is 14.6 Å². The second kappa shape index (κ2) is 10.5. The van der Waals surface area contributed by atoms with Crippen molar-refractivity contribution in [2.45, 2.75) is 38.0 Å². The Morgan fingerprint density at radius 2 is 1.85 bits per heavy atom. The molecule has 9 nitrogen and oxygen atoms in total. The molecule has 33 heavy (non-hydrogen) atoms. The van der Waals surface area contributed by atoms with Gasteiger partial charge in [-0.3, -0.25) is 4.90 Å². The molecule has 1 unspecified atom stereocenters. The third kappa shape index (κ3) is 6.41. The fourth-order valence-electron chi connectivity index (χ4n) is 4.48. The molecule has 0 bridgehead atoms. The van der Waals surface area contributed by atoms with Gasteiger partial charge in [-0.1, -0.05) is 0 Å². The first-order valence-electron chi connectivity index (χ1n) is 10.6. The molecular weight excluding hydrogens is 441 g/mol. The predicted octanol–water partition coefficient (Wildman–Crippen LogP) is 2.35. The topological polar surface area (TPSA) is 96.6 Å². The number of imidazole rings is 1. The van der Waals surface area contributed by atoms with Crippen LogP contribution in [0.2, 0.25) is 0 Å². The molecule has 0 saturated carbocycles. The molecule has 0 aliphatic carbocycles. The lowest BCUT2D eigenvalue weighted by atomic mass is 9.76. The van der Waals surface area contributed by atoms with E-state index in [1.54, 1.807) is 7.11 Å². The molecule has 0 amide bonds. The van der Waals surface area contributed by atoms with E-state index >= 15 is 0 Å². The van der Waals surface area contributed by atoms with Crippen LogP contribution in [0.15, 0.2) is 30.9 Å². The molecule has 182 valence electrons. The van der Waals surface area contributed by atoms with Gasteiger partial charge in [0, 0.05) is 45.5 Å². The molecule has 2 aliphatic heterocycles. The standard InChI is InChI=1S/C19H28N6O.C2HF3O2/c1-23-11-8-20-17(23)13-24-9-4-19(5-10-24)12-16(14-26-2)25(15-19)18-21-6-3-7-22-18;3-2(4,5)1(6)7/h3,6-8,11,16H,4-5,9-10,12-15H2,1-2H3;(H,6,7). The lowest BCUT2D eigenvalue weighted by Crippen LogP contribution is -2.41. The van der Waals surface area contributed by atoms with E-state index in [9.17, 15) is 13.2 Å². The van der Waals surface area contributed by atoms with Crippen molar-refractivity contribution in [1.29, 1.82) is 0 Å². The number of aryl methyl sites for hydroxylation is 1. The van der Waals surface area contributed by atoms with Gasteiger partial charge in [-0.15, -0.1) is 0 Å². The number of carbonyl (C=O) groups is 1. The van der Waals surface area contributed by atoms with Gasteiger partial charge in [0.05, 0.1) is 19.2 Å². The molecule has 0 radical (unpaired) electrons. The smallest absolute Gasteiger partial charge is 0.475 e. The average Bonchev–Trinajstić information content (AvgIpc) is 3.34. The van der Waals surface area contributed by atoms with Crippen molar-refractivity contribution in [2.75, 3.05) is 38.3 Å². The first-order valence-corrected chi connectivity index (χ1v) is 10.6. The number of carboxylic acid groups (broad SMARTS) is 1. The van der Waals surface area contributed by atoms with Crippen molar-refractivity contribution in [3.63, 3.8) is 0 Å². The Labute approximate surface area is 190 Å². The molecule has 0 aromatic carbocycles. The highest BCUT2D eigenvalue weighted by Crippen LogP contribution is 2.44. The monoisotopic (exact) mass is 470 g/mol. The molecule has 1 spiro atoms. The number of carboxylic acids is 1. The van der Waals surface area contributed by atoms with Crippen molar-refractivity contribution in [2.24, 2.45) is 12.5 Å². The SMILES string of the molecule is COCC1CC2(CCN(Cc3nccn3C)CC2)CN1c1ncccn1.O=C(O)C(F)(F)F. The third-order valence-corrected chi connectivity index (χ3v) is 6.23. The average molecular weight is 470 g/mol. The van der Waals surface area contributed by atoms with Crippen molar-refractivity contribution in [3.05, 3.63) is 36.7 Å². The van der Waals surface area contributed by atoms with Crippen molar-refractivity contribution in [1.82, 2.24) is 24.4 Å². The number of piperidine rings is 1. The summed E-state index contributed by atoms with van der Waals surface area (Å²) < 4.78 is 39.3. The number of halogens is 3. The highest BCUT2D eigenvalue weighted by molar-refractivity contribution is 5.73. The van der Waals surface area contributed by atoms with Gasteiger partial charge in [0.1, 0.15) is 5.82 Å². The van der Waals surface area contributed by atoms with E-state index in [0.29, 0.717) is 11.5 Å². The second-order valence-corrected chi connectivity index (χ2v) is 8.52. The summed E-state index contributed by atoms with van der Waals surface area (Å²) in [5.41, 5.74) is 0.348. The number of methoxy groups -OCH3 is 1. The third-order valence-electron chi connectivity index (χ3n) is 6.23. The summed E-state index contributed by atoms with van der Waals surface area (Å²) in [5.74, 6) is -0.779. The number of alkyl halides is 3. The Bertz CT molecular complexity index is 900. The normalized spacial score (nSPS) is 20.5. The summed E-state index contributed by atoms with van der Waals surface area (Å²) in [4.78, 5) is 27.2. The summed E-state index contributed by atoms with van der Waals surface area (Å²) >= 11 is 0. The largest absolute Gasteiger partial charge is 0.490 e. The number of aliphatic carboxylic acids is 1. The molecule has 2 aromatic rings. The Kier molecular flexibility index (Phi) is 7.90. The van der Waals surface area contributed by atoms with Gasteiger partial charge in [-0.25, -0.2) is 19.7 Å². The zero-order valence-corrected chi connectivity index (χ0v) is 18.7. The lowest BCUT2D eigenvalue weighted by Gasteiger charge is -2.39. The van der Waals surface area contributed by atoms with E-state index in [2.05, 4.69) is 36.4 Å². The maximum absolute atomic E-state index is 10.6.